The van der Waals surface area contributed by atoms with Crippen LogP contribution in [-0.2, 0) is 11.4 Å². The number of nitrogens with one attached hydrogen (secondary N) is 1. The van der Waals surface area contributed by atoms with Crippen molar-refractivity contribution >= 4 is 63.0 Å². The number of ether oxygens (including phenoxy) is 2. The van der Waals surface area contributed by atoms with Crippen LogP contribution in [-0.4, -0.2) is 34.1 Å². The van der Waals surface area contributed by atoms with Crippen molar-refractivity contribution in [2.24, 2.45) is 10.1 Å². The van der Waals surface area contributed by atoms with Crippen molar-refractivity contribution in [1.82, 2.24) is 5.01 Å². The van der Waals surface area contributed by atoms with E-state index in [2.05, 4.69) is 10.1 Å². The smallest absolute Gasteiger partial charge is 0.283 e. The number of methoxy groups -OCH3 is 1. The van der Waals surface area contributed by atoms with E-state index in [0.717, 1.165) is 5.56 Å². The van der Waals surface area contributed by atoms with Crippen LogP contribution in [0.15, 0.2) is 82.4 Å². The standard InChI is InChI=1S/C26H18Cl2N4O3S/c1-34-22-13-15(10-11-21(22)35-14-16-6-2-4-8-19(16)27)12-18-23(29)32-26(30-24(18)33)36-25(31-32)17-7-3-5-9-20(17)28/h2-13,29H,14H2,1H3/b18-12-,29-23?. The Morgan fingerprint density at radius 3 is 2.53 bits per heavy atom. The van der Waals surface area contributed by atoms with Crippen molar-refractivity contribution in [2.75, 3.05) is 7.11 Å². The summed E-state index contributed by atoms with van der Waals surface area (Å²) in [6, 6.07) is 19.9. The average molecular weight is 537 g/mol. The van der Waals surface area contributed by atoms with Crippen LogP contribution in [0.2, 0.25) is 10.0 Å². The third-order valence-corrected chi connectivity index (χ3v) is 7.04. The van der Waals surface area contributed by atoms with Crippen LogP contribution in [0.1, 0.15) is 16.7 Å². The van der Waals surface area contributed by atoms with Gasteiger partial charge in [-0.2, -0.15) is 15.1 Å². The van der Waals surface area contributed by atoms with Crippen LogP contribution in [0.25, 0.3) is 6.08 Å². The highest BCUT2D eigenvalue weighted by Crippen LogP contribution is 2.34. The van der Waals surface area contributed by atoms with Gasteiger partial charge in [0.1, 0.15) is 11.7 Å². The number of carbonyl (C=O) groups is 1. The lowest BCUT2D eigenvalue weighted by Crippen LogP contribution is -2.35. The molecule has 5 rings (SSSR count). The van der Waals surface area contributed by atoms with Crippen molar-refractivity contribution < 1.29 is 14.3 Å². The number of aliphatic imine (C=N–C) groups is 1. The van der Waals surface area contributed by atoms with Gasteiger partial charge in [0, 0.05) is 16.1 Å². The first-order chi connectivity index (χ1) is 17.4. The third kappa shape index (κ3) is 4.75. The SMILES string of the molecule is COc1cc(/C=C2/C(=N)N3N=C(c4ccccc4Cl)SC3=NC2=O)ccc1OCc1ccccc1Cl. The van der Waals surface area contributed by atoms with Crippen LogP contribution >= 0.6 is 35.0 Å². The van der Waals surface area contributed by atoms with Crippen molar-refractivity contribution in [1.29, 1.82) is 5.41 Å². The molecule has 0 aliphatic carbocycles. The van der Waals surface area contributed by atoms with Gasteiger partial charge in [-0.15, -0.1) is 0 Å². The highest BCUT2D eigenvalue weighted by atomic mass is 35.5. The molecule has 0 atom stereocenters. The van der Waals surface area contributed by atoms with Crippen LogP contribution < -0.4 is 9.47 Å². The first-order valence-corrected chi connectivity index (χ1v) is 12.3. The molecule has 180 valence electrons. The summed E-state index contributed by atoms with van der Waals surface area (Å²) in [6.07, 6.45) is 1.58. The molecule has 2 aliphatic heterocycles. The molecular weight excluding hydrogens is 519 g/mol. The van der Waals surface area contributed by atoms with E-state index in [1.807, 2.05) is 36.4 Å². The minimum atomic E-state index is -0.521. The number of carbonyl (C=O) groups excluding carboxylic acids is 1. The minimum Gasteiger partial charge on any atom is -0.493 e. The number of halogens is 2. The van der Waals surface area contributed by atoms with Gasteiger partial charge in [0.2, 0.25) is 5.17 Å². The Hall–Kier alpha value is -3.59. The van der Waals surface area contributed by atoms with Gasteiger partial charge < -0.3 is 9.47 Å². The summed E-state index contributed by atoms with van der Waals surface area (Å²) >= 11 is 13.7. The second-order valence-electron chi connectivity index (χ2n) is 7.70. The topological polar surface area (TPSA) is 87.3 Å². The van der Waals surface area contributed by atoms with E-state index in [1.54, 1.807) is 36.4 Å². The van der Waals surface area contributed by atoms with Gasteiger partial charge in [-0.3, -0.25) is 10.2 Å². The summed E-state index contributed by atoms with van der Waals surface area (Å²) in [6.45, 7) is 0.273. The predicted octanol–water partition coefficient (Wildman–Crippen LogP) is 6.25. The molecule has 2 heterocycles. The molecule has 0 saturated carbocycles. The van der Waals surface area contributed by atoms with E-state index in [4.69, 9.17) is 38.1 Å². The third-order valence-electron chi connectivity index (χ3n) is 5.40. The molecule has 0 spiro atoms. The summed E-state index contributed by atoms with van der Waals surface area (Å²) in [5, 5.41) is 16.5. The van der Waals surface area contributed by atoms with Gasteiger partial charge in [0.05, 0.1) is 17.7 Å². The fraction of sp³-hybridized carbons (Fsp3) is 0.0769. The summed E-state index contributed by atoms with van der Waals surface area (Å²) < 4.78 is 11.4. The van der Waals surface area contributed by atoms with E-state index >= 15 is 0 Å². The Kier molecular flexibility index (Phi) is 6.82. The fourth-order valence-electron chi connectivity index (χ4n) is 3.57. The molecule has 0 unspecified atom stereocenters. The van der Waals surface area contributed by atoms with Crippen LogP contribution in [0.3, 0.4) is 0 Å². The summed E-state index contributed by atoms with van der Waals surface area (Å²) in [4.78, 5) is 16.9. The molecule has 3 aromatic carbocycles. The Morgan fingerprint density at radius 2 is 1.78 bits per heavy atom. The zero-order valence-corrected chi connectivity index (χ0v) is 21.2. The zero-order valence-electron chi connectivity index (χ0n) is 18.9. The first kappa shape index (κ1) is 24.1. The van der Waals surface area contributed by atoms with Crippen LogP contribution in [0.5, 0.6) is 11.5 Å². The molecule has 2 aliphatic rings. The van der Waals surface area contributed by atoms with E-state index < -0.39 is 5.91 Å². The van der Waals surface area contributed by atoms with Crippen molar-refractivity contribution in [3.63, 3.8) is 0 Å². The zero-order chi connectivity index (χ0) is 25.2. The fourth-order valence-corrected chi connectivity index (χ4v) is 4.97. The largest absolute Gasteiger partial charge is 0.493 e. The van der Waals surface area contributed by atoms with Crippen molar-refractivity contribution in [3.05, 3.63) is 99.0 Å². The number of benzene rings is 3. The highest BCUT2D eigenvalue weighted by molar-refractivity contribution is 8.27. The number of amides is 1. The normalized spacial score (nSPS) is 16.1. The minimum absolute atomic E-state index is 0.0717. The van der Waals surface area contributed by atoms with E-state index in [1.165, 1.54) is 23.9 Å². The predicted molar refractivity (Wildman–Crippen MR) is 144 cm³/mol. The number of rotatable bonds is 6. The van der Waals surface area contributed by atoms with Gasteiger partial charge in [0.15, 0.2) is 17.3 Å². The Labute approximate surface area is 221 Å². The molecule has 1 N–H and O–H groups in total. The van der Waals surface area contributed by atoms with Crippen LogP contribution in [0, 0.1) is 5.41 Å². The molecule has 0 fully saturated rings. The molecule has 7 nitrogen and oxygen atoms in total. The number of hydrogen-bond donors (Lipinski definition) is 1. The van der Waals surface area contributed by atoms with E-state index in [9.17, 15) is 4.79 Å². The number of amidine groups is 2. The number of hydrogen-bond acceptors (Lipinski definition) is 6. The monoisotopic (exact) mass is 536 g/mol. The molecule has 1 amide bonds. The molecule has 0 bridgehead atoms. The molecule has 0 saturated heterocycles. The van der Waals surface area contributed by atoms with Gasteiger partial charge in [-0.25, -0.2) is 0 Å². The van der Waals surface area contributed by atoms with Gasteiger partial charge in [-0.05, 0) is 47.7 Å². The number of nitrogens with zero attached hydrogens (tertiary/aromatic N) is 3. The maximum absolute atomic E-state index is 12.8. The average Bonchev–Trinajstić information content (AvgIpc) is 3.30. The molecule has 36 heavy (non-hydrogen) atoms. The second kappa shape index (κ2) is 10.2. The maximum atomic E-state index is 12.8. The van der Waals surface area contributed by atoms with Gasteiger partial charge >= 0.3 is 0 Å². The molecule has 10 heteroatoms. The summed E-state index contributed by atoms with van der Waals surface area (Å²) in [5.74, 6) is 0.408. The first-order valence-electron chi connectivity index (χ1n) is 10.7. The lowest BCUT2D eigenvalue weighted by atomic mass is 10.1. The van der Waals surface area contributed by atoms with Crippen LogP contribution in [0.4, 0.5) is 0 Å². The Balaban J connectivity index is 1.39. The quantitative estimate of drug-likeness (QED) is 0.376. The van der Waals surface area contributed by atoms with Crippen molar-refractivity contribution in [3.8, 4) is 11.5 Å². The molecule has 0 radical (unpaired) electrons. The van der Waals surface area contributed by atoms with E-state index in [0.29, 0.717) is 42.9 Å². The number of thioether (sulfide) groups is 1. The van der Waals surface area contributed by atoms with Gasteiger partial charge in [0.25, 0.3) is 5.91 Å². The Bertz CT molecular complexity index is 1490. The summed E-state index contributed by atoms with van der Waals surface area (Å²) in [7, 11) is 1.53. The van der Waals surface area contributed by atoms with E-state index in [-0.39, 0.29) is 18.0 Å². The highest BCUT2D eigenvalue weighted by Gasteiger charge is 2.36. The van der Waals surface area contributed by atoms with Gasteiger partial charge in [-0.1, -0.05) is 65.7 Å². The molecule has 0 aromatic heterocycles. The number of fused-ring (bicyclic) bond motifs is 1. The molecular formula is C26H18Cl2N4O3S. The lowest BCUT2D eigenvalue weighted by Gasteiger charge is -2.20. The Morgan fingerprint density at radius 1 is 1.03 bits per heavy atom. The lowest BCUT2D eigenvalue weighted by molar-refractivity contribution is -0.114. The second-order valence-corrected chi connectivity index (χ2v) is 9.47. The maximum Gasteiger partial charge on any atom is 0.283 e. The molecule has 3 aromatic rings. The summed E-state index contributed by atoms with van der Waals surface area (Å²) in [5.41, 5.74) is 2.31. The number of hydrazone groups is 1. The van der Waals surface area contributed by atoms with Crippen molar-refractivity contribution in [2.45, 2.75) is 6.61 Å².